The van der Waals surface area contributed by atoms with Gasteiger partial charge in [-0.15, -0.1) is 0 Å². The van der Waals surface area contributed by atoms with Crippen LogP contribution in [0.25, 0.3) is 0 Å². The van der Waals surface area contributed by atoms with Gasteiger partial charge in [0.25, 0.3) is 10.0 Å². The van der Waals surface area contributed by atoms with Gasteiger partial charge in [0.15, 0.2) is 29.0 Å². The summed E-state index contributed by atoms with van der Waals surface area (Å²) >= 11 is 0. The molecule has 28 heavy (non-hydrogen) atoms. The van der Waals surface area contributed by atoms with Gasteiger partial charge < -0.3 is 9.47 Å². The number of rotatable bonds is 6. The summed E-state index contributed by atoms with van der Waals surface area (Å²) in [5.74, 6) is -3.75. The Morgan fingerprint density at radius 1 is 0.821 bits per heavy atom. The van der Waals surface area contributed by atoms with Crippen molar-refractivity contribution in [2.75, 3.05) is 11.8 Å². The minimum absolute atomic E-state index is 0.0801. The molecule has 0 radical (unpaired) electrons. The first kappa shape index (κ1) is 19.6. The lowest BCUT2D eigenvalue weighted by molar-refractivity contribution is 0.379. The summed E-state index contributed by atoms with van der Waals surface area (Å²) in [7, 11) is -2.96. The van der Waals surface area contributed by atoms with Crippen molar-refractivity contribution in [2.24, 2.45) is 0 Å². The van der Waals surface area contributed by atoms with Crippen molar-refractivity contribution in [3.05, 3.63) is 78.1 Å². The number of para-hydroxylation sites is 2. The van der Waals surface area contributed by atoms with E-state index in [-0.39, 0.29) is 5.69 Å². The van der Waals surface area contributed by atoms with Gasteiger partial charge in [0.1, 0.15) is 10.6 Å². The SMILES string of the molecule is COc1ccccc1Oc1ccc(NS(=O)(=O)c2ccc(F)c(F)c2F)cc1. The second-order valence-electron chi connectivity index (χ2n) is 5.56. The molecular formula is C19H14F3NO4S. The molecule has 146 valence electrons. The molecule has 0 saturated carbocycles. The molecule has 0 fully saturated rings. The number of sulfonamides is 1. The van der Waals surface area contributed by atoms with Crippen molar-refractivity contribution in [3.63, 3.8) is 0 Å². The molecule has 0 aliphatic rings. The summed E-state index contributed by atoms with van der Waals surface area (Å²) in [5.41, 5.74) is 0.0801. The number of hydrogen-bond acceptors (Lipinski definition) is 4. The highest BCUT2D eigenvalue weighted by atomic mass is 32.2. The van der Waals surface area contributed by atoms with Crippen molar-refractivity contribution < 1.29 is 31.1 Å². The number of benzene rings is 3. The van der Waals surface area contributed by atoms with E-state index in [2.05, 4.69) is 4.72 Å². The lowest BCUT2D eigenvalue weighted by Gasteiger charge is -2.12. The van der Waals surface area contributed by atoms with E-state index in [0.29, 0.717) is 29.4 Å². The number of ether oxygens (including phenoxy) is 2. The zero-order valence-corrected chi connectivity index (χ0v) is 15.3. The molecule has 3 aromatic rings. The fourth-order valence-electron chi connectivity index (χ4n) is 2.35. The van der Waals surface area contributed by atoms with Crippen LogP contribution in [0.1, 0.15) is 0 Å². The van der Waals surface area contributed by atoms with Gasteiger partial charge in [-0.25, -0.2) is 21.6 Å². The minimum atomic E-state index is -4.46. The topological polar surface area (TPSA) is 64.6 Å². The number of hydrogen-bond donors (Lipinski definition) is 1. The summed E-state index contributed by atoms with van der Waals surface area (Å²) in [6, 6.07) is 13.8. The van der Waals surface area contributed by atoms with Crippen LogP contribution in [0.3, 0.4) is 0 Å². The van der Waals surface area contributed by atoms with Crippen LogP contribution in [0.4, 0.5) is 18.9 Å². The minimum Gasteiger partial charge on any atom is -0.493 e. The molecule has 0 amide bonds. The fourth-order valence-corrected chi connectivity index (χ4v) is 3.48. The highest BCUT2D eigenvalue weighted by molar-refractivity contribution is 7.92. The standard InChI is InChI=1S/C19H14F3NO4S/c1-26-15-4-2-3-5-16(15)27-13-8-6-12(7-9-13)23-28(24,25)17-11-10-14(20)18(21)19(17)22/h2-11,23H,1H3. The fraction of sp³-hybridized carbons (Fsp3) is 0.0526. The first-order valence-corrected chi connectivity index (χ1v) is 9.37. The van der Waals surface area contributed by atoms with Gasteiger partial charge in [0.05, 0.1) is 7.11 Å². The molecule has 0 aliphatic heterocycles. The molecule has 0 aromatic heterocycles. The number of anilines is 1. The van der Waals surface area contributed by atoms with Crippen molar-refractivity contribution in [1.29, 1.82) is 0 Å². The van der Waals surface area contributed by atoms with E-state index in [0.717, 1.165) is 0 Å². The van der Waals surface area contributed by atoms with E-state index in [9.17, 15) is 21.6 Å². The lowest BCUT2D eigenvalue weighted by atomic mass is 10.3. The summed E-state index contributed by atoms with van der Waals surface area (Å²) < 4.78 is 77.5. The van der Waals surface area contributed by atoms with E-state index in [1.165, 1.54) is 31.4 Å². The Kier molecular flexibility index (Phi) is 5.46. The summed E-state index contributed by atoms with van der Waals surface area (Å²) in [5, 5.41) is 0. The van der Waals surface area contributed by atoms with Gasteiger partial charge in [0, 0.05) is 5.69 Å². The molecule has 1 N–H and O–H groups in total. The highest BCUT2D eigenvalue weighted by Gasteiger charge is 2.24. The normalized spacial score (nSPS) is 11.1. The van der Waals surface area contributed by atoms with Gasteiger partial charge >= 0.3 is 0 Å². The summed E-state index contributed by atoms with van der Waals surface area (Å²) in [6.45, 7) is 0. The number of methoxy groups -OCH3 is 1. The van der Waals surface area contributed by atoms with E-state index in [1.807, 2.05) is 0 Å². The summed E-state index contributed by atoms with van der Waals surface area (Å²) in [4.78, 5) is -0.999. The molecule has 3 rings (SSSR count). The first-order valence-electron chi connectivity index (χ1n) is 7.89. The van der Waals surface area contributed by atoms with E-state index >= 15 is 0 Å². The maximum atomic E-state index is 13.8. The molecule has 0 atom stereocenters. The van der Waals surface area contributed by atoms with Crippen LogP contribution in [0.5, 0.6) is 17.2 Å². The third-order valence-corrected chi connectivity index (χ3v) is 5.09. The lowest BCUT2D eigenvalue weighted by Crippen LogP contribution is -2.15. The largest absolute Gasteiger partial charge is 0.493 e. The zero-order chi connectivity index (χ0) is 20.3. The molecule has 9 heteroatoms. The predicted molar refractivity (Wildman–Crippen MR) is 96.6 cm³/mol. The van der Waals surface area contributed by atoms with Gasteiger partial charge in [-0.3, -0.25) is 4.72 Å². The van der Waals surface area contributed by atoms with Crippen LogP contribution in [-0.4, -0.2) is 15.5 Å². The van der Waals surface area contributed by atoms with Gasteiger partial charge in [-0.1, -0.05) is 12.1 Å². The molecule has 0 aliphatic carbocycles. The molecule has 0 spiro atoms. The second-order valence-corrected chi connectivity index (χ2v) is 7.21. The van der Waals surface area contributed by atoms with Crippen molar-refractivity contribution in [2.45, 2.75) is 4.90 Å². The zero-order valence-electron chi connectivity index (χ0n) is 14.4. The van der Waals surface area contributed by atoms with Crippen molar-refractivity contribution in [1.82, 2.24) is 0 Å². The molecule has 0 bridgehead atoms. The Labute approximate surface area is 159 Å². The summed E-state index contributed by atoms with van der Waals surface area (Å²) in [6.07, 6.45) is 0. The molecular weight excluding hydrogens is 395 g/mol. The van der Waals surface area contributed by atoms with Crippen molar-refractivity contribution in [3.8, 4) is 17.2 Å². The third-order valence-electron chi connectivity index (χ3n) is 3.69. The van der Waals surface area contributed by atoms with Crippen LogP contribution >= 0.6 is 0 Å². The second kappa shape index (κ2) is 7.81. The Morgan fingerprint density at radius 3 is 2.11 bits per heavy atom. The Balaban J connectivity index is 1.80. The molecule has 0 heterocycles. The molecule has 0 saturated heterocycles. The first-order chi connectivity index (χ1) is 13.3. The quantitative estimate of drug-likeness (QED) is 0.599. The monoisotopic (exact) mass is 409 g/mol. The van der Waals surface area contributed by atoms with E-state index in [1.54, 1.807) is 24.3 Å². The maximum Gasteiger partial charge on any atom is 0.264 e. The smallest absolute Gasteiger partial charge is 0.264 e. The number of halogens is 3. The Hall–Kier alpha value is -3.20. The highest BCUT2D eigenvalue weighted by Crippen LogP contribution is 2.31. The van der Waals surface area contributed by atoms with Gasteiger partial charge in [0.2, 0.25) is 0 Å². The molecule has 0 unspecified atom stereocenters. The van der Waals surface area contributed by atoms with Crippen LogP contribution in [0, 0.1) is 17.5 Å². The molecule has 3 aromatic carbocycles. The maximum absolute atomic E-state index is 13.8. The third kappa shape index (κ3) is 4.04. The number of nitrogens with one attached hydrogen (secondary N) is 1. The predicted octanol–water partition coefficient (Wildman–Crippen LogP) is 4.71. The Bertz CT molecular complexity index is 1100. The van der Waals surface area contributed by atoms with Crippen LogP contribution < -0.4 is 14.2 Å². The molecule has 5 nitrogen and oxygen atoms in total. The Morgan fingerprint density at radius 2 is 1.46 bits per heavy atom. The average Bonchev–Trinajstić information content (AvgIpc) is 2.67. The van der Waals surface area contributed by atoms with E-state index < -0.39 is 32.4 Å². The average molecular weight is 409 g/mol. The van der Waals surface area contributed by atoms with E-state index in [4.69, 9.17) is 9.47 Å². The van der Waals surface area contributed by atoms with Crippen LogP contribution in [0.15, 0.2) is 65.6 Å². The van der Waals surface area contributed by atoms with Gasteiger partial charge in [-0.2, -0.15) is 0 Å². The van der Waals surface area contributed by atoms with Gasteiger partial charge in [-0.05, 0) is 48.5 Å². The van der Waals surface area contributed by atoms with Crippen molar-refractivity contribution >= 4 is 15.7 Å². The van der Waals surface area contributed by atoms with Crippen LogP contribution in [-0.2, 0) is 10.0 Å². The van der Waals surface area contributed by atoms with Crippen LogP contribution in [0.2, 0.25) is 0 Å².